The predicted molar refractivity (Wildman–Crippen MR) is 78.5 cm³/mol. The van der Waals surface area contributed by atoms with Gasteiger partial charge < -0.3 is 14.5 Å². The topological polar surface area (TPSA) is 96.2 Å². The van der Waals surface area contributed by atoms with Gasteiger partial charge in [0.2, 0.25) is 0 Å². The first-order valence-electron chi connectivity index (χ1n) is 6.41. The van der Waals surface area contributed by atoms with E-state index in [4.69, 9.17) is 9.52 Å². The van der Waals surface area contributed by atoms with Gasteiger partial charge >= 0.3 is 5.97 Å². The summed E-state index contributed by atoms with van der Waals surface area (Å²) >= 11 is 1.37. The Kier molecular flexibility index (Phi) is 3.57. The lowest BCUT2D eigenvalue weighted by molar-refractivity contribution is -0.137. The van der Waals surface area contributed by atoms with Gasteiger partial charge in [0.15, 0.2) is 0 Å². The van der Waals surface area contributed by atoms with Crippen molar-refractivity contribution in [1.82, 2.24) is 9.97 Å². The van der Waals surface area contributed by atoms with Crippen molar-refractivity contribution in [1.29, 1.82) is 0 Å². The number of carboxylic acids is 1. The highest BCUT2D eigenvalue weighted by molar-refractivity contribution is 7.17. The van der Waals surface area contributed by atoms with E-state index in [0.29, 0.717) is 34.6 Å². The number of fused-ring (bicyclic) bond motifs is 1. The number of aliphatic carboxylic acids is 1. The molecule has 0 saturated carbocycles. The number of rotatable bonds is 5. The molecule has 0 spiro atoms. The van der Waals surface area contributed by atoms with E-state index >= 15 is 0 Å². The summed E-state index contributed by atoms with van der Waals surface area (Å²) in [6, 6.07) is 3.56. The smallest absolute Gasteiger partial charge is 0.303 e. The molecule has 0 amide bonds. The first-order chi connectivity index (χ1) is 10.1. The molecule has 3 rings (SSSR count). The molecule has 2 N–H and O–H groups in total. The van der Waals surface area contributed by atoms with Crippen LogP contribution in [0.15, 0.2) is 33.0 Å². The molecule has 0 saturated heterocycles. The number of furan rings is 1. The number of hydrogen-bond acceptors (Lipinski definition) is 5. The van der Waals surface area contributed by atoms with Crippen LogP contribution < -0.4 is 5.56 Å². The molecule has 108 valence electrons. The molecule has 0 aromatic carbocycles. The number of carboxylic acid groups (broad SMARTS) is 1. The van der Waals surface area contributed by atoms with Gasteiger partial charge in [-0.05, 0) is 18.6 Å². The maximum Gasteiger partial charge on any atom is 0.303 e. The van der Waals surface area contributed by atoms with Gasteiger partial charge in [-0.3, -0.25) is 9.59 Å². The monoisotopic (exact) mass is 304 g/mol. The molecular formula is C14H12N2O4S. The van der Waals surface area contributed by atoms with Crippen LogP contribution in [0.5, 0.6) is 0 Å². The van der Waals surface area contributed by atoms with E-state index < -0.39 is 5.97 Å². The zero-order valence-corrected chi connectivity index (χ0v) is 11.8. The molecular weight excluding hydrogens is 292 g/mol. The molecule has 21 heavy (non-hydrogen) atoms. The van der Waals surface area contributed by atoms with Crippen LogP contribution >= 0.6 is 11.3 Å². The molecule has 0 atom stereocenters. The van der Waals surface area contributed by atoms with Gasteiger partial charge in [-0.1, -0.05) is 0 Å². The number of nitrogens with zero attached hydrogens (tertiary/aromatic N) is 1. The Morgan fingerprint density at radius 3 is 3.05 bits per heavy atom. The molecule has 0 aliphatic rings. The summed E-state index contributed by atoms with van der Waals surface area (Å²) in [6.07, 6.45) is 2.50. The standard InChI is InChI=1S/C14H12N2O4S/c17-11(18)5-1-4-10-15-13(19)12-8(7-21-14(12)16-10)9-3-2-6-20-9/h2-3,6-7H,1,4-5H2,(H,17,18)(H,15,16,19). The fraction of sp³-hybridized carbons (Fsp3) is 0.214. The Labute approximate surface area is 123 Å². The van der Waals surface area contributed by atoms with E-state index in [1.54, 1.807) is 18.4 Å². The largest absolute Gasteiger partial charge is 0.481 e. The number of aryl methyl sites for hydroxylation is 1. The maximum atomic E-state index is 12.2. The quantitative estimate of drug-likeness (QED) is 0.755. The molecule has 0 unspecified atom stereocenters. The highest BCUT2D eigenvalue weighted by atomic mass is 32.1. The number of H-pyrrole nitrogens is 1. The average Bonchev–Trinajstić information content (AvgIpc) is 3.06. The van der Waals surface area contributed by atoms with Gasteiger partial charge in [0, 0.05) is 23.8 Å². The first kappa shape index (κ1) is 13.6. The molecule has 0 radical (unpaired) electrons. The molecule has 0 fully saturated rings. The second kappa shape index (κ2) is 5.53. The van der Waals surface area contributed by atoms with Gasteiger partial charge in [0.05, 0.1) is 11.6 Å². The average molecular weight is 304 g/mol. The minimum absolute atomic E-state index is 0.0594. The van der Waals surface area contributed by atoms with Gasteiger partial charge in [0.1, 0.15) is 16.4 Å². The Hall–Kier alpha value is -2.41. The van der Waals surface area contributed by atoms with Crippen molar-refractivity contribution in [2.75, 3.05) is 0 Å². The predicted octanol–water partition coefficient (Wildman–Crippen LogP) is 2.65. The van der Waals surface area contributed by atoms with E-state index in [9.17, 15) is 9.59 Å². The summed E-state index contributed by atoms with van der Waals surface area (Å²) in [5.74, 6) is 0.295. The number of hydrogen-bond donors (Lipinski definition) is 2. The van der Waals surface area contributed by atoms with Crippen LogP contribution in [0.1, 0.15) is 18.7 Å². The minimum atomic E-state index is -0.852. The fourth-order valence-corrected chi connectivity index (χ4v) is 3.08. The van der Waals surface area contributed by atoms with Crippen molar-refractivity contribution in [3.63, 3.8) is 0 Å². The highest BCUT2D eigenvalue weighted by Crippen LogP contribution is 2.30. The van der Waals surface area contributed by atoms with Crippen molar-refractivity contribution in [2.45, 2.75) is 19.3 Å². The Morgan fingerprint density at radius 2 is 2.33 bits per heavy atom. The molecule has 3 aromatic heterocycles. The third-order valence-corrected chi connectivity index (χ3v) is 3.96. The normalized spacial score (nSPS) is 11.0. The second-order valence-corrected chi connectivity index (χ2v) is 5.42. The van der Waals surface area contributed by atoms with Gasteiger partial charge in [0.25, 0.3) is 5.56 Å². The second-order valence-electron chi connectivity index (χ2n) is 4.57. The van der Waals surface area contributed by atoms with Crippen molar-refractivity contribution >= 4 is 27.5 Å². The van der Waals surface area contributed by atoms with E-state index in [2.05, 4.69) is 9.97 Å². The van der Waals surface area contributed by atoms with Gasteiger partial charge in [-0.2, -0.15) is 0 Å². The molecule has 0 bridgehead atoms. The van der Waals surface area contributed by atoms with Crippen LogP contribution in [0.25, 0.3) is 21.5 Å². The minimum Gasteiger partial charge on any atom is -0.481 e. The van der Waals surface area contributed by atoms with Crippen LogP contribution in [-0.2, 0) is 11.2 Å². The van der Waals surface area contributed by atoms with Gasteiger partial charge in [-0.15, -0.1) is 11.3 Å². The fourth-order valence-electron chi connectivity index (χ4n) is 2.13. The highest BCUT2D eigenvalue weighted by Gasteiger charge is 2.14. The van der Waals surface area contributed by atoms with Crippen molar-refractivity contribution in [2.24, 2.45) is 0 Å². The summed E-state index contributed by atoms with van der Waals surface area (Å²) < 4.78 is 5.32. The number of aromatic amines is 1. The number of nitrogens with one attached hydrogen (secondary N) is 1. The lowest BCUT2D eigenvalue weighted by Crippen LogP contribution is -2.11. The molecule has 3 aromatic rings. The zero-order valence-electron chi connectivity index (χ0n) is 11.0. The van der Waals surface area contributed by atoms with Crippen LogP contribution in [0, 0.1) is 0 Å². The summed E-state index contributed by atoms with van der Waals surface area (Å²) in [5, 5.41) is 11.0. The van der Waals surface area contributed by atoms with Crippen molar-refractivity contribution < 1.29 is 14.3 Å². The van der Waals surface area contributed by atoms with Crippen LogP contribution in [-0.4, -0.2) is 21.0 Å². The molecule has 0 aliphatic carbocycles. The molecule has 6 nitrogen and oxygen atoms in total. The number of carbonyl (C=O) groups is 1. The third kappa shape index (κ3) is 2.73. The van der Waals surface area contributed by atoms with Crippen LogP contribution in [0.4, 0.5) is 0 Å². The third-order valence-electron chi connectivity index (χ3n) is 3.08. The molecule has 7 heteroatoms. The molecule has 0 aliphatic heterocycles. The number of aromatic nitrogens is 2. The van der Waals surface area contributed by atoms with Crippen LogP contribution in [0.3, 0.4) is 0 Å². The summed E-state index contributed by atoms with van der Waals surface area (Å²) in [7, 11) is 0. The van der Waals surface area contributed by atoms with E-state index in [0.717, 1.165) is 5.56 Å². The Bertz CT molecular complexity index is 832. The summed E-state index contributed by atoms with van der Waals surface area (Å²) in [6.45, 7) is 0. The number of thiophene rings is 1. The lowest BCUT2D eigenvalue weighted by Gasteiger charge is -2.00. The Balaban J connectivity index is 1.95. The van der Waals surface area contributed by atoms with Crippen LogP contribution in [0.2, 0.25) is 0 Å². The summed E-state index contributed by atoms with van der Waals surface area (Å²) in [4.78, 5) is 30.5. The maximum absolute atomic E-state index is 12.2. The zero-order chi connectivity index (χ0) is 14.8. The van der Waals surface area contributed by atoms with E-state index in [-0.39, 0.29) is 12.0 Å². The van der Waals surface area contributed by atoms with Gasteiger partial charge in [-0.25, -0.2) is 4.98 Å². The lowest BCUT2D eigenvalue weighted by atomic mass is 10.2. The summed E-state index contributed by atoms with van der Waals surface area (Å²) in [5.41, 5.74) is 0.504. The SMILES string of the molecule is O=C(O)CCCc1nc2scc(-c3ccco3)c2c(=O)[nH]1. The molecule has 3 heterocycles. The Morgan fingerprint density at radius 1 is 1.48 bits per heavy atom. The van der Waals surface area contributed by atoms with E-state index in [1.165, 1.54) is 11.3 Å². The van der Waals surface area contributed by atoms with E-state index in [1.807, 2.05) is 5.38 Å². The first-order valence-corrected chi connectivity index (χ1v) is 7.29. The van der Waals surface area contributed by atoms with Crippen molar-refractivity contribution in [3.05, 3.63) is 40.0 Å². The van der Waals surface area contributed by atoms with Crippen molar-refractivity contribution in [3.8, 4) is 11.3 Å².